The summed E-state index contributed by atoms with van der Waals surface area (Å²) in [6, 6.07) is 6.42. The summed E-state index contributed by atoms with van der Waals surface area (Å²) in [5.74, 6) is -0.271. The molecule has 4 aromatic heterocycles. The van der Waals surface area contributed by atoms with Gasteiger partial charge in [-0.2, -0.15) is 0 Å². The number of ketones is 1. The van der Waals surface area contributed by atoms with Crippen LogP contribution in [0, 0.1) is 0 Å². The molecule has 0 atom stereocenters. The molecule has 0 amide bonds. The highest BCUT2D eigenvalue weighted by Gasteiger charge is 2.24. The normalized spacial score (nSPS) is 11.6. The van der Waals surface area contributed by atoms with E-state index in [1.54, 1.807) is 24.4 Å². The fourth-order valence-corrected chi connectivity index (χ4v) is 5.49. The van der Waals surface area contributed by atoms with Crippen LogP contribution in [0.5, 0.6) is 5.75 Å². The van der Waals surface area contributed by atoms with Gasteiger partial charge in [0, 0.05) is 17.1 Å². The minimum absolute atomic E-state index is 0.00257. The molecule has 132 valence electrons. The summed E-state index contributed by atoms with van der Waals surface area (Å²) in [7, 11) is 0. The average Bonchev–Trinajstić information content (AvgIpc) is 3.20. The Morgan fingerprint density at radius 1 is 1.19 bits per heavy atom. The standard InChI is InChI=1S/C17H9N5O3S2/c18-10-9-12-15(16(25)21-22-20-12)27-17(9)26-14(10)13(24)7-3-4-8(23)11-6(7)2-1-5-19-11/h1-5,23H,18H2,(H,20,21,25). The Balaban J connectivity index is 1.76. The van der Waals surface area contributed by atoms with Gasteiger partial charge in [0.2, 0.25) is 5.78 Å². The number of carbonyl (C=O) groups excluding carboxylic acids is 1. The molecule has 5 rings (SSSR count). The van der Waals surface area contributed by atoms with E-state index in [0.717, 1.165) is 4.01 Å². The number of benzene rings is 1. The van der Waals surface area contributed by atoms with Gasteiger partial charge in [-0.1, -0.05) is 11.3 Å². The maximum Gasteiger partial charge on any atom is 0.285 e. The van der Waals surface area contributed by atoms with Gasteiger partial charge in [0.25, 0.3) is 5.56 Å². The number of nitrogens with zero attached hydrogens (tertiary/aromatic N) is 3. The molecule has 0 fully saturated rings. The van der Waals surface area contributed by atoms with Crippen LogP contribution in [0.4, 0.5) is 5.69 Å². The van der Waals surface area contributed by atoms with Gasteiger partial charge in [-0.3, -0.25) is 14.6 Å². The minimum Gasteiger partial charge on any atom is -0.506 e. The van der Waals surface area contributed by atoms with Crippen molar-refractivity contribution in [3.8, 4) is 5.75 Å². The number of anilines is 1. The highest BCUT2D eigenvalue weighted by atomic mass is 32.2. The minimum atomic E-state index is -0.337. The molecule has 1 aromatic carbocycles. The first kappa shape index (κ1) is 15.9. The van der Waals surface area contributed by atoms with E-state index in [2.05, 4.69) is 20.4 Å². The van der Waals surface area contributed by atoms with E-state index in [9.17, 15) is 14.7 Å². The van der Waals surface area contributed by atoms with Gasteiger partial charge in [-0.15, -0.1) is 27.8 Å². The molecule has 10 heteroatoms. The first-order chi connectivity index (χ1) is 13.1. The number of carbonyl (C=O) groups is 1. The quantitative estimate of drug-likeness (QED) is 0.391. The maximum absolute atomic E-state index is 13.2. The molecule has 0 unspecified atom stereocenters. The van der Waals surface area contributed by atoms with Gasteiger partial charge in [0.15, 0.2) is 0 Å². The summed E-state index contributed by atoms with van der Waals surface area (Å²) < 4.78 is 1.16. The summed E-state index contributed by atoms with van der Waals surface area (Å²) in [5.41, 5.74) is 7.34. The predicted octanol–water partition coefficient (Wildman–Crippen LogP) is 2.66. The molecule has 4 heterocycles. The first-order valence-corrected chi connectivity index (χ1v) is 9.37. The van der Waals surface area contributed by atoms with Crippen molar-refractivity contribution in [2.45, 2.75) is 0 Å². The van der Waals surface area contributed by atoms with Crippen LogP contribution in [-0.4, -0.2) is 31.3 Å². The molecule has 0 aliphatic rings. The molecule has 0 aliphatic heterocycles. The number of aromatic amines is 1. The van der Waals surface area contributed by atoms with E-state index in [1.165, 1.54) is 28.7 Å². The molecule has 8 nitrogen and oxygen atoms in total. The number of rotatable bonds is 2. The summed E-state index contributed by atoms with van der Waals surface area (Å²) in [4.78, 5) is 29.6. The van der Waals surface area contributed by atoms with Crippen molar-refractivity contribution < 1.29 is 9.90 Å². The largest absolute Gasteiger partial charge is 0.506 e. The van der Waals surface area contributed by atoms with E-state index >= 15 is 0 Å². The molecule has 27 heavy (non-hydrogen) atoms. The smallest absolute Gasteiger partial charge is 0.285 e. The fraction of sp³-hybridized carbons (Fsp3) is 0. The Labute approximate surface area is 157 Å². The number of thiophene rings is 2. The monoisotopic (exact) mass is 395 g/mol. The van der Waals surface area contributed by atoms with Crippen LogP contribution >= 0.6 is 22.7 Å². The second-order valence-electron chi connectivity index (χ2n) is 5.79. The topological polar surface area (TPSA) is 135 Å². The maximum atomic E-state index is 13.2. The van der Waals surface area contributed by atoms with Crippen molar-refractivity contribution in [3.63, 3.8) is 0 Å². The Kier molecular flexibility index (Phi) is 3.27. The van der Waals surface area contributed by atoms with E-state index in [-0.39, 0.29) is 22.8 Å². The van der Waals surface area contributed by atoms with E-state index < -0.39 is 0 Å². The molecule has 0 saturated carbocycles. The van der Waals surface area contributed by atoms with Crippen molar-refractivity contribution in [3.05, 3.63) is 51.3 Å². The third-order valence-corrected chi connectivity index (χ3v) is 6.74. The molecular weight excluding hydrogens is 386 g/mol. The molecular formula is C17H9N5O3S2. The number of nitrogens with two attached hydrogens (primary N) is 1. The van der Waals surface area contributed by atoms with Crippen LogP contribution in [0.3, 0.4) is 0 Å². The highest BCUT2D eigenvalue weighted by Crippen LogP contribution is 2.43. The molecule has 0 saturated heterocycles. The Bertz CT molecular complexity index is 1450. The average molecular weight is 395 g/mol. The molecule has 0 spiro atoms. The Hall–Kier alpha value is -3.37. The first-order valence-electron chi connectivity index (χ1n) is 7.73. The lowest BCUT2D eigenvalue weighted by molar-refractivity contribution is 0.104. The lowest BCUT2D eigenvalue weighted by atomic mass is 10.0. The van der Waals surface area contributed by atoms with Crippen molar-refractivity contribution in [2.75, 3.05) is 5.73 Å². The number of aromatic nitrogens is 4. The number of phenols is 1. The second-order valence-corrected chi connectivity index (χ2v) is 8.09. The van der Waals surface area contributed by atoms with Gasteiger partial charge >= 0.3 is 0 Å². The summed E-state index contributed by atoms with van der Waals surface area (Å²) >= 11 is 2.44. The molecule has 0 aliphatic carbocycles. The summed E-state index contributed by atoms with van der Waals surface area (Å²) in [5, 5.41) is 21.0. The van der Waals surface area contributed by atoms with E-state index in [1.807, 2.05) is 0 Å². The van der Waals surface area contributed by atoms with Crippen molar-refractivity contribution in [1.82, 2.24) is 20.4 Å². The second kappa shape index (κ2) is 5.56. The van der Waals surface area contributed by atoms with Gasteiger partial charge in [-0.05, 0) is 18.2 Å². The lowest BCUT2D eigenvalue weighted by Crippen LogP contribution is -2.08. The molecule has 0 bridgehead atoms. The van der Waals surface area contributed by atoms with Gasteiger partial charge in [0.1, 0.15) is 26.4 Å². The van der Waals surface area contributed by atoms with Crippen molar-refractivity contribution in [1.29, 1.82) is 0 Å². The Morgan fingerprint density at radius 2 is 2.04 bits per heavy atom. The van der Waals surface area contributed by atoms with Gasteiger partial charge in [-0.25, -0.2) is 5.10 Å². The number of H-pyrrole nitrogens is 1. The number of aromatic hydroxyl groups is 1. The molecule has 0 radical (unpaired) electrons. The zero-order chi connectivity index (χ0) is 18.7. The number of hydrogen-bond acceptors (Lipinski definition) is 9. The van der Waals surface area contributed by atoms with Crippen molar-refractivity contribution >= 4 is 64.7 Å². The third kappa shape index (κ3) is 2.17. The number of phenolic OH excluding ortho intramolecular Hbond substituents is 1. The van der Waals surface area contributed by atoms with Crippen LogP contribution in [-0.2, 0) is 0 Å². The zero-order valence-electron chi connectivity index (χ0n) is 13.4. The van der Waals surface area contributed by atoms with Crippen LogP contribution < -0.4 is 11.3 Å². The van der Waals surface area contributed by atoms with Gasteiger partial charge < -0.3 is 10.8 Å². The Morgan fingerprint density at radius 3 is 2.89 bits per heavy atom. The summed E-state index contributed by atoms with van der Waals surface area (Å²) in [6.07, 6.45) is 1.55. The predicted molar refractivity (Wildman–Crippen MR) is 105 cm³/mol. The SMILES string of the molecule is Nc1c(C(=O)c2ccc(O)c3ncccc23)sc2sc3c(=O)[nH]nnc3c12. The summed E-state index contributed by atoms with van der Waals surface area (Å²) in [6.45, 7) is 0. The number of hydrogen-bond donors (Lipinski definition) is 3. The molecule has 4 N–H and O–H groups in total. The van der Waals surface area contributed by atoms with E-state index in [4.69, 9.17) is 5.73 Å². The fourth-order valence-electron chi connectivity index (χ4n) is 3.04. The zero-order valence-corrected chi connectivity index (χ0v) is 15.0. The van der Waals surface area contributed by atoms with Crippen LogP contribution in [0.15, 0.2) is 35.3 Å². The highest BCUT2D eigenvalue weighted by molar-refractivity contribution is 7.42. The van der Waals surface area contributed by atoms with Crippen LogP contribution in [0.25, 0.3) is 30.5 Å². The van der Waals surface area contributed by atoms with E-state index in [0.29, 0.717) is 36.9 Å². The number of nitrogens with one attached hydrogen (secondary N) is 1. The number of pyridine rings is 1. The lowest BCUT2D eigenvalue weighted by Gasteiger charge is -2.06. The van der Waals surface area contributed by atoms with Crippen LogP contribution in [0.2, 0.25) is 0 Å². The number of fused-ring (bicyclic) bond motifs is 4. The molecule has 5 aromatic rings. The van der Waals surface area contributed by atoms with Crippen molar-refractivity contribution in [2.24, 2.45) is 0 Å². The van der Waals surface area contributed by atoms with Gasteiger partial charge in [0.05, 0.1) is 15.1 Å². The third-order valence-electron chi connectivity index (χ3n) is 4.27. The number of nitrogen functional groups attached to an aromatic ring is 1. The van der Waals surface area contributed by atoms with Crippen LogP contribution in [0.1, 0.15) is 15.2 Å².